The number of pyridine rings is 1. The van der Waals surface area contributed by atoms with Gasteiger partial charge in [0.15, 0.2) is 7.14 Å². The van der Waals surface area contributed by atoms with Crippen molar-refractivity contribution >= 4 is 44.9 Å². The highest BCUT2D eigenvalue weighted by atomic mass is 31.2. The second-order valence-electron chi connectivity index (χ2n) is 14.2. The van der Waals surface area contributed by atoms with E-state index in [-0.39, 0.29) is 0 Å². The molecule has 1 spiro atoms. The molecule has 4 heterocycles. The fraction of sp³-hybridized carbons (Fsp3) is 0.0208. The molecule has 2 atom stereocenters. The molecule has 0 amide bonds. The van der Waals surface area contributed by atoms with Crippen LogP contribution in [0.1, 0.15) is 22.3 Å². The maximum absolute atomic E-state index is 15.8. The van der Waals surface area contributed by atoms with Gasteiger partial charge in [0.2, 0.25) is 0 Å². The minimum atomic E-state index is -3.17. The van der Waals surface area contributed by atoms with Crippen molar-refractivity contribution < 1.29 is 4.57 Å². The highest BCUT2D eigenvalue weighted by Crippen LogP contribution is 2.63. The van der Waals surface area contributed by atoms with Gasteiger partial charge in [-0.25, -0.2) is 0 Å². The Morgan fingerprint density at radius 3 is 2.15 bits per heavy atom. The van der Waals surface area contributed by atoms with Crippen LogP contribution in [-0.2, 0) is 9.98 Å². The molecule has 7 aromatic carbocycles. The monoisotopic (exact) mass is 680 g/mol. The van der Waals surface area contributed by atoms with Crippen LogP contribution < -0.4 is 15.9 Å². The molecular weight excluding hydrogens is 652 g/mol. The van der Waals surface area contributed by atoms with Gasteiger partial charge in [0.05, 0.1) is 27.8 Å². The van der Waals surface area contributed by atoms with E-state index < -0.39 is 12.6 Å². The maximum Gasteiger partial charge on any atom is 0.172 e. The Kier molecular flexibility index (Phi) is 5.43. The van der Waals surface area contributed by atoms with Crippen LogP contribution >= 0.6 is 7.14 Å². The van der Waals surface area contributed by atoms with Crippen molar-refractivity contribution in [2.75, 3.05) is 0 Å². The van der Waals surface area contributed by atoms with Gasteiger partial charge in [-0.3, -0.25) is 4.98 Å². The lowest BCUT2D eigenvalue weighted by Crippen LogP contribution is -2.33. The minimum absolute atomic E-state index is 0.614. The number of rotatable bonds is 2. The third-order valence-corrected chi connectivity index (χ3v) is 15.0. The van der Waals surface area contributed by atoms with E-state index in [4.69, 9.17) is 4.98 Å². The maximum atomic E-state index is 15.8. The zero-order chi connectivity index (χ0) is 34.2. The second-order valence-corrected chi connectivity index (χ2v) is 16.9. The topological polar surface area (TPSA) is 34.9 Å². The summed E-state index contributed by atoms with van der Waals surface area (Å²) in [4.78, 5) is 4.76. The summed E-state index contributed by atoms with van der Waals surface area (Å²) < 4.78 is 18.3. The van der Waals surface area contributed by atoms with Crippen LogP contribution in [-0.4, -0.2) is 9.55 Å². The van der Waals surface area contributed by atoms with Gasteiger partial charge in [0.25, 0.3) is 0 Å². The number of para-hydroxylation sites is 3. The average Bonchev–Trinajstić information content (AvgIpc) is 3.80. The quantitative estimate of drug-likeness (QED) is 0.170. The Morgan fingerprint density at radius 1 is 0.500 bits per heavy atom. The van der Waals surface area contributed by atoms with Crippen molar-refractivity contribution in [3.63, 3.8) is 0 Å². The zero-order valence-corrected chi connectivity index (χ0v) is 28.9. The average molecular weight is 681 g/mol. The molecule has 52 heavy (non-hydrogen) atoms. The van der Waals surface area contributed by atoms with Crippen LogP contribution in [0, 0.1) is 0 Å². The third kappa shape index (κ3) is 3.29. The summed E-state index contributed by atoms with van der Waals surface area (Å²) in [5.74, 6) is 0. The molecule has 0 fully saturated rings. The Bertz CT molecular complexity index is 3050. The minimum Gasteiger partial charge on any atom is -0.309 e. The van der Waals surface area contributed by atoms with Gasteiger partial charge in [0, 0.05) is 38.4 Å². The molecule has 0 bridgehead atoms. The van der Waals surface area contributed by atoms with Gasteiger partial charge in [-0.2, -0.15) is 0 Å². The molecule has 2 aliphatic heterocycles. The molecule has 12 rings (SSSR count). The van der Waals surface area contributed by atoms with Crippen LogP contribution in [0.2, 0.25) is 0 Å². The molecule has 0 saturated carbocycles. The van der Waals surface area contributed by atoms with E-state index >= 15 is 4.57 Å². The second kappa shape index (κ2) is 9.94. The summed E-state index contributed by atoms with van der Waals surface area (Å²) in [6, 6.07) is 60.7. The van der Waals surface area contributed by atoms with Crippen LogP contribution in [0.5, 0.6) is 0 Å². The van der Waals surface area contributed by atoms with Gasteiger partial charge in [-0.05, 0) is 87.0 Å². The molecule has 2 unspecified atom stereocenters. The molecular formula is C48H29N2OP. The predicted octanol–water partition coefficient (Wildman–Crippen LogP) is 10.1. The Morgan fingerprint density at radius 2 is 1.25 bits per heavy atom. The first-order chi connectivity index (χ1) is 25.7. The molecule has 3 nitrogen and oxygen atoms in total. The number of hydrogen-bond donors (Lipinski definition) is 0. The van der Waals surface area contributed by atoms with Gasteiger partial charge in [-0.15, -0.1) is 0 Å². The van der Waals surface area contributed by atoms with E-state index in [1.807, 2.05) is 54.7 Å². The molecule has 9 aromatic rings. The summed E-state index contributed by atoms with van der Waals surface area (Å²) in [6.07, 6.45) is 1.86. The van der Waals surface area contributed by atoms with Crippen LogP contribution in [0.15, 0.2) is 176 Å². The summed E-state index contributed by atoms with van der Waals surface area (Å²) in [5.41, 5.74) is 14.4. The molecule has 4 heteroatoms. The first-order valence-corrected chi connectivity index (χ1v) is 19.5. The highest BCUT2D eigenvalue weighted by molar-refractivity contribution is 7.86. The van der Waals surface area contributed by atoms with Crippen molar-refractivity contribution in [3.8, 4) is 39.2 Å². The van der Waals surface area contributed by atoms with E-state index in [1.54, 1.807) is 0 Å². The smallest absolute Gasteiger partial charge is 0.172 e. The fourth-order valence-corrected chi connectivity index (χ4v) is 12.9. The molecule has 0 radical (unpaired) electrons. The Hall–Kier alpha value is -6.28. The number of aromatic nitrogens is 2. The van der Waals surface area contributed by atoms with Crippen LogP contribution in [0.3, 0.4) is 0 Å². The highest BCUT2D eigenvalue weighted by Gasteiger charge is 2.52. The lowest BCUT2D eigenvalue weighted by Gasteiger charge is -2.39. The normalized spacial score (nSPS) is 18.6. The number of nitrogens with zero attached hydrogens (tertiary/aromatic N) is 2. The van der Waals surface area contributed by atoms with Crippen molar-refractivity contribution in [2.24, 2.45) is 0 Å². The van der Waals surface area contributed by atoms with Crippen molar-refractivity contribution in [1.29, 1.82) is 0 Å². The molecule has 1 aliphatic carbocycles. The number of benzene rings is 7. The number of fused-ring (bicyclic) bond motifs is 15. The first kappa shape index (κ1) is 28.4. The van der Waals surface area contributed by atoms with Gasteiger partial charge >= 0.3 is 0 Å². The molecule has 2 aromatic heterocycles. The third-order valence-electron chi connectivity index (χ3n) is 11.9. The molecule has 0 saturated heterocycles. The van der Waals surface area contributed by atoms with Crippen molar-refractivity contribution in [1.82, 2.24) is 9.55 Å². The summed E-state index contributed by atoms with van der Waals surface area (Å²) in [5, 5.41) is 5.21. The molecule has 242 valence electrons. The summed E-state index contributed by atoms with van der Waals surface area (Å²) in [6.45, 7) is 0. The van der Waals surface area contributed by atoms with Crippen molar-refractivity contribution in [3.05, 3.63) is 198 Å². The lowest BCUT2D eigenvalue weighted by atomic mass is 9.65. The van der Waals surface area contributed by atoms with Gasteiger partial charge in [-0.1, -0.05) is 127 Å². The Labute approximate surface area is 300 Å². The van der Waals surface area contributed by atoms with Gasteiger partial charge < -0.3 is 9.13 Å². The van der Waals surface area contributed by atoms with E-state index in [9.17, 15) is 0 Å². The van der Waals surface area contributed by atoms with E-state index in [1.165, 1.54) is 49.7 Å². The van der Waals surface area contributed by atoms with Gasteiger partial charge in [0.1, 0.15) is 0 Å². The lowest BCUT2D eigenvalue weighted by molar-refractivity contribution is 0.593. The van der Waals surface area contributed by atoms with E-state index in [0.717, 1.165) is 49.4 Å². The van der Waals surface area contributed by atoms with Crippen molar-refractivity contribution in [2.45, 2.75) is 5.41 Å². The van der Waals surface area contributed by atoms with Crippen LogP contribution in [0.25, 0.3) is 61.0 Å². The summed E-state index contributed by atoms with van der Waals surface area (Å²) in [7, 11) is -3.17. The SMILES string of the molecule is O=P1(c2ccccc2)c2ccccc2-c2cc3c(cc21)-c1cc(-c2ccccn2)ccc1C31c2ccccc2-n2c3ccccc3c3cccc1c32. The van der Waals surface area contributed by atoms with E-state index in [2.05, 4.69) is 126 Å². The molecule has 0 N–H and O–H groups in total. The van der Waals surface area contributed by atoms with Crippen LogP contribution in [0.4, 0.5) is 0 Å². The number of hydrogen-bond acceptors (Lipinski definition) is 2. The van der Waals surface area contributed by atoms with E-state index in [0.29, 0.717) is 0 Å². The molecule has 3 aliphatic rings. The largest absolute Gasteiger partial charge is 0.309 e. The fourth-order valence-electron chi connectivity index (χ4n) is 9.83. The zero-order valence-electron chi connectivity index (χ0n) is 28.0. The Balaban J connectivity index is 1.27. The summed E-state index contributed by atoms with van der Waals surface area (Å²) >= 11 is 0. The first-order valence-electron chi connectivity index (χ1n) is 17.8. The standard InChI is InChI=1S/C48H29N2OP/c51-52(31-13-2-1-3-14-31)45-23-9-5-16-33(45)37-28-41-36(29-46(37)52)35-27-30(42-20-10-11-26-49-42)24-25-38(35)48(41)39-18-6-8-22-44(39)50-43-21-7-4-15-32(43)34-17-12-19-40(48)47(34)50/h1-29H. The predicted molar refractivity (Wildman–Crippen MR) is 213 cm³/mol.